The number of rotatable bonds is 5. The van der Waals surface area contributed by atoms with Gasteiger partial charge in [-0.1, -0.05) is 0 Å². The number of benzene rings is 1. The van der Waals surface area contributed by atoms with Crippen molar-refractivity contribution in [3.05, 3.63) is 29.1 Å². The lowest BCUT2D eigenvalue weighted by atomic mass is 10.2. The third-order valence-corrected chi connectivity index (χ3v) is 2.98. The van der Waals surface area contributed by atoms with Gasteiger partial charge in [0.1, 0.15) is 5.69 Å². The van der Waals surface area contributed by atoms with Crippen molar-refractivity contribution < 1.29 is 26.2 Å². The van der Waals surface area contributed by atoms with E-state index in [2.05, 4.69) is 5.32 Å². The Morgan fingerprint density at radius 2 is 1.39 bits per heavy atom. The van der Waals surface area contributed by atoms with Crippen molar-refractivity contribution in [3.8, 4) is 0 Å². The molecule has 0 bridgehead atoms. The van der Waals surface area contributed by atoms with Crippen molar-refractivity contribution in [1.29, 1.82) is 0 Å². The molecule has 1 aromatic rings. The monoisotopic (exact) mass is 287 g/mol. The highest BCUT2D eigenvalue weighted by atomic mass is 32.2. The van der Waals surface area contributed by atoms with Gasteiger partial charge in [-0.2, -0.15) is 0 Å². The van der Waals surface area contributed by atoms with Gasteiger partial charge in [-0.05, 0) is 6.42 Å². The summed E-state index contributed by atoms with van der Waals surface area (Å²) in [5.74, 6) is -9.70. The Balaban J connectivity index is 2.86. The molecular formula is C10H10F5NOS. The minimum atomic E-state index is -2.19. The number of nitrogens with one attached hydrogen (secondary N) is 1. The van der Waals surface area contributed by atoms with Crippen LogP contribution in [0.25, 0.3) is 0 Å². The molecule has 18 heavy (non-hydrogen) atoms. The molecule has 1 unspecified atom stereocenters. The Bertz CT molecular complexity index is 451. The second kappa shape index (κ2) is 6.12. The molecule has 0 saturated heterocycles. The number of anilines is 1. The van der Waals surface area contributed by atoms with E-state index in [-0.39, 0.29) is 18.7 Å². The first-order valence-electron chi connectivity index (χ1n) is 4.91. The van der Waals surface area contributed by atoms with Crippen LogP contribution in [0, 0.1) is 29.1 Å². The Morgan fingerprint density at radius 1 is 0.944 bits per heavy atom. The van der Waals surface area contributed by atoms with E-state index in [1.54, 1.807) is 0 Å². The average Bonchev–Trinajstić information content (AvgIpc) is 2.32. The van der Waals surface area contributed by atoms with Gasteiger partial charge in [0.25, 0.3) is 0 Å². The Kier molecular flexibility index (Phi) is 5.06. The lowest BCUT2D eigenvalue weighted by Gasteiger charge is -2.10. The summed E-state index contributed by atoms with van der Waals surface area (Å²) < 4.78 is 75.3. The largest absolute Gasteiger partial charge is 0.380 e. The minimum Gasteiger partial charge on any atom is -0.380 e. The quantitative estimate of drug-likeness (QED) is 0.390. The van der Waals surface area contributed by atoms with Gasteiger partial charge >= 0.3 is 0 Å². The second-order valence-electron chi connectivity index (χ2n) is 3.50. The van der Waals surface area contributed by atoms with Crippen LogP contribution in [0.2, 0.25) is 0 Å². The van der Waals surface area contributed by atoms with E-state index in [9.17, 15) is 26.2 Å². The van der Waals surface area contributed by atoms with Crippen LogP contribution in [-0.2, 0) is 10.8 Å². The number of hydrogen-bond acceptors (Lipinski definition) is 2. The molecule has 102 valence electrons. The molecule has 0 aliphatic carbocycles. The molecule has 0 saturated carbocycles. The molecule has 2 nitrogen and oxygen atoms in total. The van der Waals surface area contributed by atoms with Crippen molar-refractivity contribution >= 4 is 16.5 Å². The first-order chi connectivity index (χ1) is 8.36. The van der Waals surface area contributed by atoms with Crippen molar-refractivity contribution in [2.24, 2.45) is 0 Å². The zero-order chi connectivity index (χ0) is 13.9. The predicted molar refractivity (Wildman–Crippen MR) is 58.3 cm³/mol. The van der Waals surface area contributed by atoms with Gasteiger partial charge in [-0.25, -0.2) is 22.0 Å². The van der Waals surface area contributed by atoms with Gasteiger partial charge in [-0.3, -0.25) is 4.21 Å². The Morgan fingerprint density at radius 3 is 1.83 bits per heavy atom. The topological polar surface area (TPSA) is 29.1 Å². The fraction of sp³-hybridized carbons (Fsp3) is 0.400. The van der Waals surface area contributed by atoms with Crippen molar-refractivity contribution in [2.45, 2.75) is 6.42 Å². The standard InChI is InChI=1S/C10H10F5NOS/c1-18(17)4-2-3-16-10-8(14)6(12)5(11)7(13)9(10)15/h16H,2-4H2,1H3. The highest BCUT2D eigenvalue weighted by Gasteiger charge is 2.25. The fourth-order valence-corrected chi connectivity index (χ4v) is 1.80. The lowest BCUT2D eigenvalue weighted by Crippen LogP contribution is -2.12. The summed E-state index contributed by atoms with van der Waals surface area (Å²) in [6, 6.07) is 0. The summed E-state index contributed by atoms with van der Waals surface area (Å²) in [5.41, 5.74) is -1.06. The number of halogens is 5. The molecule has 0 aliphatic rings. The van der Waals surface area contributed by atoms with Crippen LogP contribution in [0.5, 0.6) is 0 Å². The molecule has 0 aliphatic heterocycles. The maximum atomic E-state index is 13.1. The summed E-state index contributed by atoms with van der Waals surface area (Å²) in [7, 11) is -1.08. The maximum absolute atomic E-state index is 13.1. The van der Waals surface area contributed by atoms with E-state index in [1.165, 1.54) is 6.26 Å². The molecule has 8 heteroatoms. The van der Waals surface area contributed by atoms with Crippen LogP contribution in [0.1, 0.15) is 6.42 Å². The predicted octanol–water partition coefficient (Wildman–Crippen LogP) is 2.56. The van der Waals surface area contributed by atoms with Gasteiger partial charge in [0.05, 0.1) is 0 Å². The third-order valence-electron chi connectivity index (χ3n) is 2.12. The third kappa shape index (κ3) is 3.18. The van der Waals surface area contributed by atoms with Crippen LogP contribution in [-0.4, -0.2) is 22.8 Å². The van der Waals surface area contributed by atoms with Crippen molar-refractivity contribution in [2.75, 3.05) is 23.9 Å². The zero-order valence-corrected chi connectivity index (χ0v) is 10.1. The number of hydrogen-bond donors (Lipinski definition) is 1. The van der Waals surface area contributed by atoms with Crippen molar-refractivity contribution in [3.63, 3.8) is 0 Å². The van der Waals surface area contributed by atoms with E-state index in [4.69, 9.17) is 0 Å². The molecule has 1 aromatic carbocycles. The van der Waals surface area contributed by atoms with Gasteiger partial charge in [-0.15, -0.1) is 0 Å². The van der Waals surface area contributed by atoms with Crippen LogP contribution < -0.4 is 5.32 Å². The summed E-state index contributed by atoms with van der Waals surface area (Å²) in [4.78, 5) is 0. The van der Waals surface area contributed by atoms with Gasteiger partial charge < -0.3 is 5.32 Å². The van der Waals surface area contributed by atoms with Gasteiger partial charge in [0, 0.05) is 29.4 Å². The van der Waals surface area contributed by atoms with Crippen molar-refractivity contribution in [1.82, 2.24) is 0 Å². The molecule has 0 radical (unpaired) electrons. The van der Waals surface area contributed by atoms with E-state index in [0.717, 1.165) is 0 Å². The maximum Gasteiger partial charge on any atom is 0.200 e. The highest BCUT2D eigenvalue weighted by Crippen LogP contribution is 2.26. The summed E-state index contributed by atoms with van der Waals surface area (Å²) in [5, 5.41) is 2.11. The summed E-state index contributed by atoms with van der Waals surface area (Å²) in [6.07, 6.45) is 1.72. The first-order valence-corrected chi connectivity index (χ1v) is 6.64. The smallest absolute Gasteiger partial charge is 0.200 e. The van der Waals surface area contributed by atoms with E-state index in [0.29, 0.717) is 0 Å². The summed E-state index contributed by atoms with van der Waals surface area (Å²) >= 11 is 0. The molecular weight excluding hydrogens is 277 g/mol. The summed E-state index contributed by atoms with van der Waals surface area (Å²) in [6.45, 7) is -0.0437. The molecule has 1 N–H and O–H groups in total. The average molecular weight is 287 g/mol. The highest BCUT2D eigenvalue weighted by molar-refractivity contribution is 7.84. The van der Waals surface area contributed by atoms with Crippen LogP contribution in [0.4, 0.5) is 27.6 Å². The molecule has 1 atom stereocenters. The lowest BCUT2D eigenvalue weighted by molar-refractivity contribution is 0.381. The normalized spacial score (nSPS) is 12.6. The Labute approximate surface area is 103 Å². The molecule has 0 aromatic heterocycles. The van der Waals surface area contributed by atoms with E-state index < -0.39 is 45.6 Å². The van der Waals surface area contributed by atoms with Gasteiger partial charge in [0.2, 0.25) is 5.82 Å². The first kappa shape index (κ1) is 14.9. The van der Waals surface area contributed by atoms with Crippen LogP contribution in [0.3, 0.4) is 0 Å². The van der Waals surface area contributed by atoms with Crippen LogP contribution in [0.15, 0.2) is 0 Å². The molecule has 0 heterocycles. The van der Waals surface area contributed by atoms with Crippen LogP contribution >= 0.6 is 0 Å². The SMILES string of the molecule is CS(=O)CCCNc1c(F)c(F)c(F)c(F)c1F. The minimum absolute atomic E-state index is 0.0437. The van der Waals surface area contributed by atoms with Gasteiger partial charge in [0.15, 0.2) is 23.3 Å². The molecule has 0 amide bonds. The van der Waals surface area contributed by atoms with E-state index >= 15 is 0 Å². The molecule has 0 spiro atoms. The van der Waals surface area contributed by atoms with E-state index in [1.807, 2.05) is 0 Å². The molecule has 1 rings (SSSR count). The fourth-order valence-electron chi connectivity index (χ4n) is 1.25. The molecule has 0 fully saturated rings. The zero-order valence-electron chi connectivity index (χ0n) is 9.33. The second-order valence-corrected chi connectivity index (χ2v) is 5.06. The Hall–Kier alpha value is -1.18.